The van der Waals surface area contributed by atoms with Gasteiger partial charge in [0.2, 0.25) is 0 Å². The zero-order chi connectivity index (χ0) is 14.4. The third kappa shape index (κ3) is 2.35. The van der Waals surface area contributed by atoms with Crippen LogP contribution in [-0.4, -0.2) is 43.3 Å². The molecule has 0 aromatic heterocycles. The van der Waals surface area contributed by atoms with E-state index in [0.717, 1.165) is 31.7 Å². The van der Waals surface area contributed by atoms with Crippen molar-refractivity contribution < 1.29 is 9.47 Å². The highest BCUT2D eigenvalue weighted by Gasteiger charge is 2.39. The van der Waals surface area contributed by atoms with Gasteiger partial charge in [-0.15, -0.1) is 0 Å². The number of rotatable bonds is 2. The second kappa shape index (κ2) is 5.27. The minimum atomic E-state index is 0.108. The van der Waals surface area contributed by atoms with Gasteiger partial charge in [-0.05, 0) is 48.9 Å². The first-order valence-electron chi connectivity index (χ1n) is 8.06. The average Bonchev–Trinajstić information content (AvgIpc) is 2.85. The fourth-order valence-corrected chi connectivity index (χ4v) is 4.27. The van der Waals surface area contributed by atoms with Crippen molar-refractivity contribution in [3.8, 4) is 5.75 Å². The maximum atomic E-state index is 6.60. The summed E-state index contributed by atoms with van der Waals surface area (Å²) in [6.45, 7) is 2.11. The first kappa shape index (κ1) is 13.6. The molecule has 2 aliphatic heterocycles. The summed E-state index contributed by atoms with van der Waals surface area (Å²) in [6.07, 6.45) is 5.55. The number of ether oxygens (including phenoxy) is 2. The smallest absolute Gasteiger partial charge is 0.119 e. The lowest BCUT2D eigenvalue weighted by molar-refractivity contribution is -0.0581. The Morgan fingerprint density at radius 3 is 2.67 bits per heavy atom. The van der Waals surface area contributed by atoms with Crippen LogP contribution >= 0.6 is 0 Å². The van der Waals surface area contributed by atoms with Crippen LogP contribution < -0.4 is 10.5 Å². The van der Waals surface area contributed by atoms with E-state index in [0.29, 0.717) is 18.2 Å². The summed E-state index contributed by atoms with van der Waals surface area (Å²) in [5, 5.41) is 0. The van der Waals surface area contributed by atoms with Crippen LogP contribution in [0, 0.1) is 0 Å². The van der Waals surface area contributed by atoms with Crippen molar-refractivity contribution in [1.29, 1.82) is 0 Å². The van der Waals surface area contributed by atoms with E-state index in [1.54, 1.807) is 7.11 Å². The summed E-state index contributed by atoms with van der Waals surface area (Å²) < 4.78 is 11.3. The number of likely N-dealkylation sites (tertiary alicyclic amines) is 1. The van der Waals surface area contributed by atoms with E-state index in [4.69, 9.17) is 15.2 Å². The van der Waals surface area contributed by atoms with Crippen LogP contribution in [0.15, 0.2) is 18.2 Å². The Bertz CT molecular complexity index is 522. The van der Waals surface area contributed by atoms with Gasteiger partial charge in [-0.3, -0.25) is 4.90 Å². The fourth-order valence-electron chi connectivity index (χ4n) is 4.27. The average molecular weight is 288 g/mol. The van der Waals surface area contributed by atoms with Gasteiger partial charge in [-0.2, -0.15) is 0 Å². The van der Waals surface area contributed by atoms with Crippen LogP contribution in [0.1, 0.15) is 36.4 Å². The van der Waals surface area contributed by atoms with E-state index in [9.17, 15) is 0 Å². The van der Waals surface area contributed by atoms with Gasteiger partial charge in [0.05, 0.1) is 19.3 Å². The quantitative estimate of drug-likeness (QED) is 0.902. The number of methoxy groups -OCH3 is 1. The first-order chi connectivity index (χ1) is 10.2. The number of fused-ring (bicyclic) bond motifs is 3. The summed E-state index contributed by atoms with van der Waals surface area (Å²) in [4.78, 5) is 2.59. The van der Waals surface area contributed by atoms with E-state index in [2.05, 4.69) is 17.0 Å². The molecule has 4 atom stereocenters. The van der Waals surface area contributed by atoms with E-state index < -0.39 is 0 Å². The SMILES string of the molecule is COc1ccc2c(c1)CCC(N1CC3CCC(C1)O3)C2N. The monoisotopic (exact) mass is 288 g/mol. The minimum Gasteiger partial charge on any atom is -0.497 e. The highest BCUT2D eigenvalue weighted by atomic mass is 16.5. The molecule has 0 spiro atoms. The second-order valence-electron chi connectivity index (χ2n) is 6.61. The third-order valence-electron chi connectivity index (χ3n) is 5.37. The van der Waals surface area contributed by atoms with Crippen molar-refractivity contribution in [3.05, 3.63) is 29.3 Å². The maximum absolute atomic E-state index is 6.60. The van der Waals surface area contributed by atoms with Crippen LogP contribution in [0.2, 0.25) is 0 Å². The number of morpholine rings is 1. The molecule has 2 saturated heterocycles. The molecule has 2 heterocycles. The predicted molar refractivity (Wildman–Crippen MR) is 81.5 cm³/mol. The summed E-state index contributed by atoms with van der Waals surface area (Å²) in [5.41, 5.74) is 9.25. The Morgan fingerprint density at radius 2 is 1.95 bits per heavy atom. The molecule has 21 heavy (non-hydrogen) atoms. The first-order valence-corrected chi connectivity index (χ1v) is 8.06. The van der Waals surface area contributed by atoms with Gasteiger partial charge in [0, 0.05) is 25.2 Å². The number of hydrogen-bond acceptors (Lipinski definition) is 4. The minimum absolute atomic E-state index is 0.108. The number of aryl methyl sites for hydroxylation is 1. The van der Waals surface area contributed by atoms with E-state index >= 15 is 0 Å². The molecule has 4 nitrogen and oxygen atoms in total. The van der Waals surface area contributed by atoms with Crippen molar-refractivity contribution >= 4 is 0 Å². The van der Waals surface area contributed by atoms with Crippen molar-refractivity contribution in [1.82, 2.24) is 4.90 Å². The lowest BCUT2D eigenvalue weighted by atomic mass is 9.83. The van der Waals surface area contributed by atoms with Gasteiger partial charge in [0.15, 0.2) is 0 Å². The molecule has 4 rings (SSSR count). The Morgan fingerprint density at radius 1 is 1.19 bits per heavy atom. The normalized spacial score (nSPS) is 35.5. The molecule has 114 valence electrons. The van der Waals surface area contributed by atoms with Gasteiger partial charge >= 0.3 is 0 Å². The van der Waals surface area contributed by atoms with Crippen molar-refractivity contribution in [2.45, 2.75) is 50.0 Å². The molecule has 0 saturated carbocycles. The summed E-state index contributed by atoms with van der Waals surface area (Å²) in [5.74, 6) is 0.934. The Labute approximate surface area is 126 Å². The molecule has 2 bridgehead atoms. The van der Waals surface area contributed by atoms with Crippen LogP contribution in [0.3, 0.4) is 0 Å². The van der Waals surface area contributed by atoms with Gasteiger partial charge in [-0.25, -0.2) is 0 Å². The summed E-state index contributed by atoms with van der Waals surface area (Å²) in [6, 6.07) is 6.90. The molecule has 4 heteroatoms. The number of nitrogens with zero attached hydrogens (tertiary/aromatic N) is 1. The predicted octanol–water partition coefficient (Wildman–Crippen LogP) is 1.87. The molecule has 4 unspecified atom stereocenters. The molecular weight excluding hydrogens is 264 g/mol. The maximum Gasteiger partial charge on any atom is 0.119 e. The van der Waals surface area contributed by atoms with Gasteiger partial charge in [-0.1, -0.05) is 6.07 Å². The molecule has 2 fully saturated rings. The molecule has 3 aliphatic rings. The van der Waals surface area contributed by atoms with Crippen molar-refractivity contribution in [2.24, 2.45) is 5.73 Å². The molecule has 1 aromatic rings. The van der Waals surface area contributed by atoms with Crippen LogP contribution in [0.5, 0.6) is 5.75 Å². The summed E-state index contributed by atoms with van der Waals surface area (Å²) in [7, 11) is 1.72. The van der Waals surface area contributed by atoms with E-state index in [1.165, 1.54) is 24.0 Å². The fraction of sp³-hybridized carbons (Fsp3) is 0.647. The highest BCUT2D eigenvalue weighted by molar-refractivity contribution is 5.40. The third-order valence-corrected chi connectivity index (χ3v) is 5.37. The lowest BCUT2D eigenvalue weighted by Crippen LogP contribution is -2.52. The number of nitrogens with two attached hydrogens (primary N) is 1. The van der Waals surface area contributed by atoms with Crippen molar-refractivity contribution in [3.63, 3.8) is 0 Å². The lowest BCUT2D eigenvalue weighted by Gasteiger charge is -2.43. The van der Waals surface area contributed by atoms with Gasteiger partial charge in [0.25, 0.3) is 0 Å². The van der Waals surface area contributed by atoms with E-state index in [-0.39, 0.29) is 6.04 Å². The standard InChI is InChI=1S/C17H24N2O2/c1-20-12-5-6-15-11(8-12)2-7-16(17(15)18)19-9-13-3-4-14(10-19)21-13/h5-6,8,13-14,16-17H,2-4,7,9-10,18H2,1H3. The zero-order valence-corrected chi connectivity index (χ0v) is 12.6. The molecule has 1 aliphatic carbocycles. The molecule has 1 aromatic carbocycles. The largest absolute Gasteiger partial charge is 0.497 e. The van der Waals surface area contributed by atoms with Gasteiger partial charge < -0.3 is 15.2 Å². The zero-order valence-electron chi connectivity index (χ0n) is 12.6. The Kier molecular flexibility index (Phi) is 3.40. The van der Waals surface area contributed by atoms with Crippen LogP contribution in [-0.2, 0) is 11.2 Å². The molecule has 0 amide bonds. The molecule has 0 radical (unpaired) electrons. The summed E-state index contributed by atoms with van der Waals surface area (Å²) >= 11 is 0. The Balaban J connectivity index is 1.55. The number of benzene rings is 1. The van der Waals surface area contributed by atoms with Gasteiger partial charge in [0.1, 0.15) is 5.75 Å². The molecule has 2 N–H and O–H groups in total. The van der Waals surface area contributed by atoms with Crippen molar-refractivity contribution in [2.75, 3.05) is 20.2 Å². The second-order valence-corrected chi connectivity index (χ2v) is 6.61. The highest BCUT2D eigenvalue weighted by Crippen LogP contribution is 2.36. The van der Waals surface area contributed by atoms with Crippen LogP contribution in [0.25, 0.3) is 0 Å². The van der Waals surface area contributed by atoms with Crippen LogP contribution in [0.4, 0.5) is 0 Å². The topological polar surface area (TPSA) is 47.7 Å². The Hall–Kier alpha value is -1.10. The van der Waals surface area contributed by atoms with E-state index in [1.807, 2.05) is 6.07 Å². The molecular formula is C17H24N2O2. The number of hydrogen-bond donors (Lipinski definition) is 1.